The maximum Gasteiger partial charge on any atom is 0.148 e. The van der Waals surface area contributed by atoms with Crippen molar-refractivity contribution in [1.29, 1.82) is 0 Å². The predicted octanol–water partition coefficient (Wildman–Crippen LogP) is 3.09. The summed E-state index contributed by atoms with van der Waals surface area (Å²) < 4.78 is 1.89. The number of alkyl halides is 1. The Labute approximate surface area is 104 Å². The number of halogens is 1. The number of hydrogen-bond acceptors (Lipinski definition) is 2. The largest absolute Gasteiger partial charge is 0.218 e. The summed E-state index contributed by atoms with van der Waals surface area (Å²) in [6.07, 6.45) is 0. The molecule has 0 unspecified atom stereocenters. The third-order valence-corrected chi connectivity index (χ3v) is 3.17. The average molecular weight is 280 g/mol. The van der Waals surface area contributed by atoms with Crippen LogP contribution in [0.15, 0.2) is 18.2 Å². The summed E-state index contributed by atoms with van der Waals surface area (Å²) in [4.78, 5) is 4.31. The fourth-order valence-corrected chi connectivity index (χ4v) is 2.14. The molecule has 84 valence electrons. The second-order valence-corrected chi connectivity index (χ2v) is 4.43. The van der Waals surface area contributed by atoms with Gasteiger partial charge in [-0.3, -0.25) is 0 Å². The Morgan fingerprint density at radius 3 is 2.50 bits per heavy atom. The maximum absolute atomic E-state index is 4.39. The SMILES string of the molecule is Cc1nc(C)n(-c2ccc(CBr)cc2C)n1. The van der Waals surface area contributed by atoms with E-state index in [1.807, 2.05) is 18.5 Å². The fourth-order valence-electron chi connectivity index (χ4n) is 1.79. The van der Waals surface area contributed by atoms with E-state index in [0.29, 0.717) is 0 Å². The Bertz CT molecular complexity index is 517. The highest BCUT2D eigenvalue weighted by atomic mass is 79.9. The van der Waals surface area contributed by atoms with Crippen molar-refractivity contribution in [2.75, 3.05) is 0 Å². The summed E-state index contributed by atoms with van der Waals surface area (Å²) in [6, 6.07) is 6.36. The third-order valence-electron chi connectivity index (χ3n) is 2.52. The van der Waals surface area contributed by atoms with Crippen LogP contribution in [0.2, 0.25) is 0 Å². The van der Waals surface area contributed by atoms with Crippen LogP contribution in [-0.4, -0.2) is 14.8 Å². The Morgan fingerprint density at radius 1 is 1.25 bits per heavy atom. The number of aryl methyl sites for hydroxylation is 3. The molecular weight excluding hydrogens is 266 g/mol. The minimum absolute atomic E-state index is 0.807. The number of nitrogens with zero attached hydrogens (tertiary/aromatic N) is 3. The molecule has 1 aromatic carbocycles. The smallest absolute Gasteiger partial charge is 0.148 e. The molecule has 4 heteroatoms. The zero-order chi connectivity index (χ0) is 11.7. The van der Waals surface area contributed by atoms with E-state index in [1.165, 1.54) is 11.1 Å². The number of rotatable bonds is 2. The van der Waals surface area contributed by atoms with Crippen LogP contribution in [0.25, 0.3) is 5.69 Å². The van der Waals surface area contributed by atoms with Crippen LogP contribution in [0.1, 0.15) is 22.8 Å². The summed E-state index contributed by atoms with van der Waals surface area (Å²) in [6.45, 7) is 5.97. The lowest BCUT2D eigenvalue weighted by Crippen LogP contribution is -2.02. The fraction of sp³-hybridized carbons (Fsp3) is 0.333. The zero-order valence-electron chi connectivity index (χ0n) is 9.66. The maximum atomic E-state index is 4.39. The number of aromatic nitrogens is 3. The molecule has 0 aliphatic heterocycles. The Morgan fingerprint density at radius 2 is 2.00 bits per heavy atom. The molecule has 0 saturated heterocycles. The van der Waals surface area contributed by atoms with Crippen molar-refractivity contribution in [1.82, 2.24) is 14.8 Å². The standard InChI is InChI=1S/C12H14BrN3/c1-8-6-11(7-13)4-5-12(8)16-10(3)14-9(2)15-16/h4-6H,7H2,1-3H3. The topological polar surface area (TPSA) is 30.7 Å². The van der Waals surface area contributed by atoms with Crippen molar-refractivity contribution in [3.8, 4) is 5.69 Å². The van der Waals surface area contributed by atoms with Gasteiger partial charge in [-0.05, 0) is 38.0 Å². The van der Waals surface area contributed by atoms with Gasteiger partial charge < -0.3 is 0 Å². The Hall–Kier alpha value is -1.16. The lowest BCUT2D eigenvalue weighted by Gasteiger charge is -2.08. The van der Waals surface area contributed by atoms with Gasteiger partial charge in [-0.1, -0.05) is 28.1 Å². The van der Waals surface area contributed by atoms with Gasteiger partial charge in [-0.25, -0.2) is 9.67 Å². The summed E-state index contributed by atoms with van der Waals surface area (Å²) in [5.74, 6) is 1.73. The van der Waals surface area contributed by atoms with Crippen molar-refractivity contribution in [2.45, 2.75) is 26.1 Å². The van der Waals surface area contributed by atoms with Crippen LogP contribution >= 0.6 is 15.9 Å². The van der Waals surface area contributed by atoms with Gasteiger partial charge in [0.1, 0.15) is 11.6 Å². The summed E-state index contributed by atoms with van der Waals surface area (Å²) in [5.41, 5.74) is 3.59. The summed E-state index contributed by atoms with van der Waals surface area (Å²) in [5, 5.41) is 5.27. The van der Waals surface area contributed by atoms with Crippen LogP contribution < -0.4 is 0 Å². The van der Waals surface area contributed by atoms with Crippen molar-refractivity contribution in [3.05, 3.63) is 41.0 Å². The second kappa shape index (κ2) is 4.37. The van der Waals surface area contributed by atoms with Crippen LogP contribution in [0.3, 0.4) is 0 Å². The van der Waals surface area contributed by atoms with Gasteiger partial charge in [0.15, 0.2) is 0 Å². The highest BCUT2D eigenvalue weighted by molar-refractivity contribution is 9.08. The molecule has 0 fully saturated rings. The number of hydrogen-bond donors (Lipinski definition) is 0. The average Bonchev–Trinajstić information content (AvgIpc) is 2.57. The predicted molar refractivity (Wildman–Crippen MR) is 68.2 cm³/mol. The molecule has 3 nitrogen and oxygen atoms in total. The molecule has 0 aliphatic rings. The molecular formula is C12H14BrN3. The van der Waals surface area contributed by atoms with Gasteiger partial charge in [-0.2, -0.15) is 5.10 Å². The van der Waals surface area contributed by atoms with E-state index in [2.05, 4.69) is 51.1 Å². The molecule has 0 amide bonds. The van der Waals surface area contributed by atoms with E-state index < -0.39 is 0 Å². The first-order valence-electron chi connectivity index (χ1n) is 5.18. The monoisotopic (exact) mass is 279 g/mol. The molecule has 0 aliphatic carbocycles. The first-order valence-corrected chi connectivity index (χ1v) is 6.30. The normalized spacial score (nSPS) is 10.8. The zero-order valence-corrected chi connectivity index (χ0v) is 11.2. The molecule has 0 N–H and O–H groups in total. The minimum Gasteiger partial charge on any atom is -0.218 e. The van der Waals surface area contributed by atoms with Crippen LogP contribution in [-0.2, 0) is 5.33 Å². The highest BCUT2D eigenvalue weighted by Crippen LogP contribution is 2.18. The Balaban J connectivity index is 2.52. The molecule has 16 heavy (non-hydrogen) atoms. The van der Waals surface area contributed by atoms with Crippen molar-refractivity contribution in [2.24, 2.45) is 0 Å². The van der Waals surface area contributed by atoms with Gasteiger partial charge in [0, 0.05) is 5.33 Å². The van der Waals surface area contributed by atoms with E-state index in [9.17, 15) is 0 Å². The summed E-state index contributed by atoms with van der Waals surface area (Å²) >= 11 is 3.46. The minimum atomic E-state index is 0.807. The Kier molecular flexibility index (Phi) is 3.10. The van der Waals surface area contributed by atoms with Crippen molar-refractivity contribution in [3.63, 3.8) is 0 Å². The van der Waals surface area contributed by atoms with E-state index in [1.54, 1.807) is 0 Å². The van der Waals surface area contributed by atoms with Gasteiger partial charge in [-0.15, -0.1) is 0 Å². The van der Waals surface area contributed by atoms with Gasteiger partial charge >= 0.3 is 0 Å². The molecule has 0 saturated carbocycles. The molecule has 2 aromatic rings. The quantitative estimate of drug-likeness (QED) is 0.791. The van der Waals surface area contributed by atoms with Crippen molar-refractivity contribution < 1.29 is 0 Å². The first-order chi connectivity index (χ1) is 7.61. The molecule has 2 rings (SSSR count). The lowest BCUT2D eigenvalue weighted by atomic mass is 10.1. The molecule has 1 aromatic heterocycles. The van der Waals surface area contributed by atoms with Gasteiger partial charge in [0.2, 0.25) is 0 Å². The van der Waals surface area contributed by atoms with E-state index in [4.69, 9.17) is 0 Å². The summed E-state index contributed by atoms with van der Waals surface area (Å²) in [7, 11) is 0. The van der Waals surface area contributed by atoms with E-state index in [-0.39, 0.29) is 0 Å². The number of benzene rings is 1. The lowest BCUT2D eigenvalue weighted by molar-refractivity contribution is 0.824. The third kappa shape index (κ3) is 2.02. The van der Waals surface area contributed by atoms with Crippen LogP contribution in [0, 0.1) is 20.8 Å². The van der Waals surface area contributed by atoms with Crippen LogP contribution in [0.5, 0.6) is 0 Å². The van der Waals surface area contributed by atoms with E-state index in [0.717, 1.165) is 22.7 Å². The van der Waals surface area contributed by atoms with Crippen molar-refractivity contribution >= 4 is 15.9 Å². The van der Waals surface area contributed by atoms with Gasteiger partial charge in [0.25, 0.3) is 0 Å². The first kappa shape index (κ1) is 11.3. The van der Waals surface area contributed by atoms with Gasteiger partial charge in [0.05, 0.1) is 5.69 Å². The molecule has 1 heterocycles. The molecule has 0 bridgehead atoms. The van der Waals surface area contributed by atoms with E-state index >= 15 is 0 Å². The molecule has 0 spiro atoms. The molecule has 0 radical (unpaired) electrons. The van der Waals surface area contributed by atoms with Crippen LogP contribution in [0.4, 0.5) is 0 Å². The highest BCUT2D eigenvalue weighted by Gasteiger charge is 2.07. The second-order valence-electron chi connectivity index (χ2n) is 3.87. The molecule has 0 atom stereocenters.